The Labute approximate surface area is 162 Å². The minimum absolute atomic E-state index is 0.774. The monoisotopic (exact) mass is 353 g/mol. The van der Waals surface area contributed by atoms with Crippen LogP contribution in [0.25, 0.3) is 6.08 Å². The molecule has 0 radical (unpaired) electrons. The molecule has 1 aliphatic carbocycles. The smallest absolute Gasteiger partial charge is 0.00671 e. The molecule has 0 bridgehead atoms. The molecule has 0 amide bonds. The van der Waals surface area contributed by atoms with Gasteiger partial charge >= 0.3 is 0 Å². The highest BCUT2D eigenvalue weighted by atomic mass is 14.9. The molecule has 26 heavy (non-hydrogen) atoms. The van der Waals surface area contributed by atoms with Gasteiger partial charge in [0.1, 0.15) is 0 Å². The molecule has 1 saturated carbocycles. The van der Waals surface area contributed by atoms with Crippen LogP contribution in [0, 0.1) is 5.92 Å². The van der Waals surface area contributed by atoms with Crippen LogP contribution in [0.2, 0.25) is 0 Å². The number of allylic oxidation sites excluding steroid dienone is 2. The van der Waals surface area contributed by atoms with E-state index in [1.165, 1.54) is 87.5 Å². The maximum atomic E-state index is 4.10. The third kappa shape index (κ3) is 8.85. The Bertz CT molecular complexity index is 537. The third-order valence-electron chi connectivity index (χ3n) is 5.68. The second-order valence-corrected chi connectivity index (χ2v) is 8.40. The Kier molecular flexibility index (Phi) is 9.77. The molecule has 0 spiro atoms. The zero-order valence-electron chi connectivity index (χ0n) is 17.1. The van der Waals surface area contributed by atoms with Gasteiger partial charge in [-0.25, -0.2) is 0 Å². The van der Waals surface area contributed by atoms with E-state index in [1.807, 2.05) is 0 Å². The topological polar surface area (TPSA) is 12.0 Å². The first-order valence-corrected chi connectivity index (χ1v) is 10.7. The largest absolute Gasteiger partial charge is 0.314 e. The van der Waals surface area contributed by atoms with E-state index in [9.17, 15) is 0 Å². The van der Waals surface area contributed by atoms with E-state index in [4.69, 9.17) is 0 Å². The Balaban J connectivity index is 1.75. The van der Waals surface area contributed by atoms with Gasteiger partial charge in [-0.2, -0.15) is 0 Å². The summed E-state index contributed by atoms with van der Waals surface area (Å²) in [5.41, 5.74) is 4.14. The lowest BCUT2D eigenvalue weighted by Gasteiger charge is -2.26. The number of hydrogen-bond donors (Lipinski definition) is 1. The summed E-state index contributed by atoms with van der Waals surface area (Å²) in [6, 6.07) is 11.5. The molecule has 0 aromatic heterocycles. The van der Waals surface area contributed by atoms with Gasteiger partial charge in [0.25, 0.3) is 0 Å². The molecule has 1 aliphatic rings. The van der Waals surface area contributed by atoms with Crippen molar-refractivity contribution in [3.8, 4) is 0 Å². The standard InChI is InChI=1S/C25H39N/c1-21(2)17-18-24(20-26-25-15-8-5-9-16-25)14-10-11-22(3)19-23-12-6-4-7-13-23/h4,6-7,12-13,19,24-26H,1,5,8-11,14-18,20H2,2-3H3/b22-19-. The number of hydrogen-bond acceptors (Lipinski definition) is 1. The molecular weight excluding hydrogens is 314 g/mol. The number of rotatable bonds is 11. The van der Waals surface area contributed by atoms with Crippen molar-refractivity contribution in [1.82, 2.24) is 5.32 Å². The van der Waals surface area contributed by atoms with Crippen LogP contribution < -0.4 is 5.32 Å². The fourth-order valence-corrected chi connectivity index (χ4v) is 4.01. The van der Waals surface area contributed by atoms with Crippen LogP contribution in [-0.2, 0) is 0 Å². The van der Waals surface area contributed by atoms with Crippen molar-refractivity contribution in [3.63, 3.8) is 0 Å². The van der Waals surface area contributed by atoms with Crippen LogP contribution in [0.4, 0.5) is 0 Å². The zero-order chi connectivity index (χ0) is 18.6. The molecule has 0 heterocycles. The Hall–Kier alpha value is -1.34. The normalized spacial score (nSPS) is 17.2. The lowest BCUT2D eigenvalue weighted by molar-refractivity contribution is 0.327. The summed E-state index contributed by atoms with van der Waals surface area (Å²) in [4.78, 5) is 0. The molecule has 1 N–H and O–H groups in total. The highest BCUT2D eigenvalue weighted by Crippen LogP contribution is 2.22. The first-order chi connectivity index (χ1) is 12.6. The molecule has 0 saturated heterocycles. The van der Waals surface area contributed by atoms with Crippen molar-refractivity contribution in [2.75, 3.05) is 6.54 Å². The van der Waals surface area contributed by atoms with Crippen molar-refractivity contribution in [2.45, 2.75) is 84.1 Å². The van der Waals surface area contributed by atoms with Crippen molar-refractivity contribution in [3.05, 3.63) is 53.6 Å². The van der Waals surface area contributed by atoms with Gasteiger partial charge in [-0.3, -0.25) is 0 Å². The fourth-order valence-electron chi connectivity index (χ4n) is 4.01. The third-order valence-corrected chi connectivity index (χ3v) is 5.68. The van der Waals surface area contributed by atoms with Crippen LogP contribution in [0.15, 0.2) is 48.1 Å². The first kappa shape index (κ1) is 21.0. The SMILES string of the molecule is C=C(C)CCC(CCC/C(C)=C\c1ccccc1)CNC1CCCCC1. The molecular formula is C25H39N. The number of benzene rings is 1. The van der Waals surface area contributed by atoms with Gasteiger partial charge in [0.15, 0.2) is 0 Å². The van der Waals surface area contributed by atoms with Crippen molar-refractivity contribution in [1.29, 1.82) is 0 Å². The Morgan fingerprint density at radius 3 is 2.50 bits per heavy atom. The van der Waals surface area contributed by atoms with Gasteiger partial charge in [0, 0.05) is 6.04 Å². The molecule has 1 aromatic carbocycles. The molecule has 1 nitrogen and oxygen atoms in total. The maximum Gasteiger partial charge on any atom is 0.00671 e. The summed E-state index contributed by atoms with van der Waals surface area (Å²) in [6.07, 6.45) is 15.7. The summed E-state index contributed by atoms with van der Waals surface area (Å²) < 4.78 is 0. The summed E-state index contributed by atoms with van der Waals surface area (Å²) in [5.74, 6) is 0.790. The van der Waals surface area contributed by atoms with Gasteiger partial charge in [0.05, 0.1) is 0 Å². The molecule has 1 heteroatoms. The molecule has 0 aliphatic heterocycles. The van der Waals surface area contributed by atoms with E-state index in [1.54, 1.807) is 0 Å². The molecule has 1 fully saturated rings. The number of nitrogens with one attached hydrogen (secondary N) is 1. The van der Waals surface area contributed by atoms with Crippen molar-refractivity contribution >= 4 is 6.08 Å². The Morgan fingerprint density at radius 2 is 1.81 bits per heavy atom. The van der Waals surface area contributed by atoms with Gasteiger partial charge in [-0.1, -0.05) is 66.8 Å². The molecule has 1 atom stereocenters. The lowest BCUT2D eigenvalue weighted by Crippen LogP contribution is -2.35. The van der Waals surface area contributed by atoms with E-state index >= 15 is 0 Å². The van der Waals surface area contributed by atoms with E-state index in [-0.39, 0.29) is 0 Å². The van der Waals surface area contributed by atoms with E-state index in [0.29, 0.717) is 0 Å². The highest BCUT2D eigenvalue weighted by Gasteiger charge is 2.15. The van der Waals surface area contributed by atoms with Crippen molar-refractivity contribution < 1.29 is 0 Å². The summed E-state index contributed by atoms with van der Waals surface area (Å²) >= 11 is 0. The summed E-state index contributed by atoms with van der Waals surface area (Å²) in [7, 11) is 0. The van der Waals surface area contributed by atoms with Crippen LogP contribution in [0.5, 0.6) is 0 Å². The second-order valence-electron chi connectivity index (χ2n) is 8.40. The van der Waals surface area contributed by atoms with Gasteiger partial charge < -0.3 is 5.32 Å². The molecule has 2 rings (SSSR count). The van der Waals surface area contributed by atoms with Crippen LogP contribution >= 0.6 is 0 Å². The van der Waals surface area contributed by atoms with E-state index in [2.05, 4.69) is 62.2 Å². The maximum absolute atomic E-state index is 4.10. The van der Waals surface area contributed by atoms with E-state index in [0.717, 1.165) is 12.0 Å². The summed E-state index contributed by atoms with van der Waals surface area (Å²) in [6.45, 7) is 9.74. The average Bonchev–Trinajstić information content (AvgIpc) is 2.65. The zero-order valence-corrected chi connectivity index (χ0v) is 17.1. The highest BCUT2D eigenvalue weighted by molar-refractivity contribution is 5.51. The van der Waals surface area contributed by atoms with Gasteiger partial charge in [-0.05, 0) is 76.8 Å². The van der Waals surface area contributed by atoms with Gasteiger partial charge in [-0.15, -0.1) is 6.58 Å². The Morgan fingerprint density at radius 1 is 1.08 bits per heavy atom. The lowest BCUT2D eigenvalue weighted by atomic mass is 9.91. The molecule has 144 valence electrons. The molecule has 1 aromatic rings. The second kappa shape index (κ2) is 12.1. The first-order valence-electron chi connectivity index (χ1n) is 10.7. The van der Waals surface area contributed by atoms with Crippen LogP contribution in [0.1, 0.15) is 83.6 Å². The minimum atomic E-state index is 0.774. The predicted molar refractivity (Wildman–Crippen MR) is 116 cm³/mol. The van der Waals surface area contributed by atoms with Crippen molar-refractivity contribution in [2.24, 2.45) is 5.92 Å². The summed E-state index contributed by atoms with van der Waals surface area (Å²) in [5, 5.41) is 3.88. The predicted octanol–water partition coefficient (Wildman–Crippen LogP) is 7.16. The fraction of sp³-hybridized carbons (Fsp3) is 0.600. The molecule has 1 unspecified atom stereocenters. The van der Waals surface area contributed by atoms with Gasteiger partial charge in [0.2, 0.25) is 0 Å². The van der Waals surface area contributed by atoms with Crippen LogP contribution in [-0.4, -0.2) is 12.6 Å². The van der Waals surface area contributed by atoms with E-state index < -0.39 is 0 Å². The average molecular weight is 354 g/mol. The quantitative estimate of drug-likeness (QED) is 0.416. The van der Waals surface area contributed by atoms with Crippen LogP contribution in [0.3, 0.4) is 0 Å². The minimum Gasteiger partial charge on any atom is -0.314 e.